The van der Waals surface area contributed by atoms with E-state index in [1.807, 2.05) is 0 Å². The van der Waals surface area contributed by atoms with Gasteiger partial charge in [-0.25, -0.2) is 0 Å². The van der Waals surface area contributed by atoms with E-state index >= 15 is 0 Å². The highest BCUT2D eigenvalue weighted by atomic mass is 32.3. The van der Waals surface area contributed by atoms with Crippen LogP contribution in [0.5, 0.6) is 0 Å². The molecule has 0 amide bonds. The fraction of sp³-hybridized carbons (Fsp3) is 0. The molecule has 0 saturated heterocycles. The largest absolute Gasteiger partial charge is 0.309 e. The molecule has 0 bridgehead atoms. The summed E-state index contributed by atoms with van der Waals surface area (Å²) in [6.45, 7) is 0. The lowest BCUT2D eigenvalue weighted by atomic mass is 10.2. The van der Waals surface area contributed by atoms with Gasteiger partial charge in [0.2, 0.25) is 0 Å². The van der Waals surface area contributed by atoms with Crippen LogP contribution in [0.2, 0.25) is 0 Å². The molecule has 0 aliphatic rings. The van der Waals surface area contributed by atoms with Gasteiger partial charge >= 0.3 is 0 Å². The van der Waals surface area contributed by atoms with Gasteiger partial charge < -0.3 is 9.13 Å². The number of benzene rings is 8. The van der Waals surface area contributed by atoms with Crippen LogP contribution in [0.4, 0.5) is 0 Å². The van der Waals surface area contributed by atoms with Crippen LogP contribution >= 0.6 is 10.0 Å². The highest BCUT2D eigenvalue weighted by Crippen LogP contribution is 2.73. The fourth-order valence-electron chi connectivity index (χ4n) is 8.09. The third-order valence-electron chi connectivity index (χ3n) is 10.2. The first-order chi connectivity index (χ1) is 25.3. The van der Waals surface area contributed by atoms with E-state index in [9.17, 15) is 0 Å². The first-order valence-corrected chi connectivity index (χ1v) is 19.1. The van der Waals surface area contributed by atoms with E-state index in [-0.39, 0.29) is 0 Å². The van der Waals surface area contributed by atoms with Crippen molar-refractivity contribution in [2.45, 2.75) is 19.6 Å². The van der Waals surface area contributed by atoms with Crippen molar-refractivity contribution >= 4 is 53.6 Å². The highest BCUT2D eigenvalue weighted by molar-refractivity contribution is 8.34. The normalized spacial score (nSPS) is 12.2. The Morgan fingerprint density at radius 3 is 0.843 bits per heavy atom. The Morgan fingerprint density at radius 2 is 0.529 bits per heavy atom. The monoisotopic (exact) mass is 670 g/mol. The first kappa shape index (κ1) is 29.6. The molecule has 0 atom stereocenters. The molecule has 10 aromatic rings. The molecule has 0 aliphatic carbocycles. The lowest BCUT2D eigenvalue weighted by Crippen LogP contribution is -2.08. The first-order valence-electron chi connectivity index (χ1n) is 17.4. The van der Waals surface area contributed by atoms with Crippen molar-refractivity contribution in [3.05, 3.63) is 206 Å². The molecule has 0 aliphatic heterocycles. The maximum Gasteiger partial charge on any atom is 0.0541 e. The highest BCUT2D eigenvalue weighted by Gasteiger charge is 2.34. The Bertz CT molecular complexity index is 2520. The number of nitrogens with zero attached hydrogens (tertiary/aromatic N) is 2. The number of hydrogen-bond donors (Lipinski definition) is 0. The molecule has 0 radical (unpaired) electrons. The van der Waals surface area contributed by atoms with Crippen molar-refractivity contribution in [2.75, 3.05) is 0 Å². The molecule has 0 saturated carbocycles. The van der Waals surface area contributed by atoms with Gasteiger partial charge in [-0.05, 0) is 78.9 Å². The molecule has 242 valence electrons. The number of aromatic nitrogens is 2. The zero-order chi connectivity index (χ0) is 33.8. The summed E-state index contributed by atoms with van der Waals surface area (Å²) in [4.78, 5) is 5.18. The zero-order valence-corrected chi connectivity index (χ0v) is 28.7. The molecule has 10 rings (SSSR count). The average molecular weight is 671 g/mol. The lowest BCUT2D eigenvalue weighted by Gasteiger charge is -2.42. The summed E-state index contributed by atoms with van der Waals surface area (Å²) >= 11 is 0. The summed E-state index contributed by atoms with van der Waals surface area (Å²) in [7, 11) is -1.98. The van der Waals surface area contributed by atoms with E-state index in [2.05, 4.69) is 215 Å². The van der Waals surface area contributed by atoms with Crippen molar-refractivity contribution in [1.29, 1.82) is 0 Å². The van der Waals surface area contributed by atoms with Crippen LogP contribution in [-0.4, -0.2) is 9.13 Å². The van der Waals surface area contributed by atoms with Crippen LogP contribution < -0.4 is 0 Å². The summed E-state index contributed by atoms with van der Waals surface area (Å²) in [6.07, 6.45) is 0. The minimum atomic E-state index is -1.98. The second kappa shape index (κ2) is 11.9. The molecule has 8 aromatic carbocycles. The predicted octanol–water partition coefficient (Wildman–Crippen LogP) is 13.2. The number of rotatable bonds is 6. The quantitative estimate of drug-likeness (QED) is 0.167. The Balaban J connectivity index is 1.41. The van der Waals surface area contributed by atoms with Gasteiger partial charge in [0.25, 0.3) is 0 Å². The predicted molar refractivity (Wildman–Crippen MR) is 215 cm³/mol. The molecule has 0 fully saturated rings. The second-order valence-corrected chi connectivity index (χ2v) is 16.1. The maximum absolute atomic E-state index is 2.47. The van der Waals surface area contributed by atoms with Crippen LogP contribution in [0, 0.1) is 0 Å². The second-order valence-electron chi connectivity index (χ2n) is 13.0. The third kappa shape index (κ3) is 4.52. The van der Waals surface area contributed by atoms with Crippen LogP contribution in [0.3, 0.4) is 0 Å². The Morgan fingerprint density at radius 1 is 0.255 bits per heavy atom. The zero-order valence-electron chi connectivity index (χ0n) is 27.9. The van der Waals surface area contributed by atoms with Crippen molar-refractivity contribution in [3.63, 3.8) is 0 Å². The molecular formula is C48H34N2S. The number of hydrogen-bond acceptors (Lipinski definition) is 0. The van der Waals surface area contributed by atoms with E-state index in [1.165, 1.54) is 63.2 Å². The molecule has 51 heavy (non-hydrogen) atoms. The van der Waals surface area contributed by atoms with Crippen molar-refractivity contribution in [3.8, 4) is 11.4 Å². The summed E-state index contributed by atoms with van der Waals surface area (Å²) < 4.78 is 4.94. The molecule has 3 heteroatoms. The van der Waals surface area contributed by atoms with Gasteiger partial charge in [-0.15, -0.1) is 10.0 Å². The summed E-state index contributed by atoms with van der Waals surface area (Å²) in [5, 5.41) is 5.02. The van der Waals surface area contributed by atoms with Crippen LogP contribution in [0.15, 0.2) is 226 Å². The molecular weight excluding hydrogens is 637 g/mol. The topological polar surface area (TPSA) is 9.86 Å². The Kier molecular flexibility index (Phi) is 6.93. The SMILES string of the molecule is c1ccc(S(c2ccccc2)(c2ccccc2)c2cc(-n3c4ccccc4c4ccccc43)cc(-n3c4ccccc4c4ccccc43)c2)cc1. The molecule has 2 nitrogen and oxygen atoms in total. The standard InChI is InChI=1S/C48H34N2S/c1-4-18-37(19-5-1)51(38-20-6-2-7-21-38,39-22-8-3-9-23-39)40-33-35(49-45-28-14-10-24-41(45)42-25-11-15-29-46(42)49)32-36(34-40)50-47-30-16-12-26-43(47)44-27-13-17-31-48(44)50/h1-34H. The van der Waals surface area contributed by atoms with Gasteiger partial charge in [-0.3, -0.25) is 0 Å². The van der Waals surface area contributed by atoms with Crippen molar-refractivity contribution < 1.29 is 0 Å². The van der Waals surface area contributed by atoms with E-state index in [0.717, 1.165) is 11.4 Å². The van der Waals surface area contributed by atoms with Crippen molar-refractivity contribution in [2.24, 2.45) is 0 Å². The summed E-state index contributed by atoms with van der Waals surface area (Å²) in [5.41, 5.74) is 7.07. The van der Waals surface area contributed by atoms with Crippen LogP contribution in [0.1, 0.15) is 0 Å². The smallest absolute Gasteiger partial charge is 0.0541 e. The van der Waals surface area contributed by atoms with E-state index in [1.54, 1.807) is 0 Å². The summed E-state index contributed by atoms with van der Waals surface area (Å²) in [5.74, 6) is 0. The molecule has 2 aromatic heterocycles. The minimum Gasteiger partial charge on any atom is -0.309 e. The van der Waals surface area contributed by atoms with E-state index in [4.69, 9.17) is 0 Å². The van der Waals surface area contributed by atoms with Crippen molar-refractivity contribution in [1.82, 2.24) is 9.13 Å². The van der Waals surface area contributed by atoms with Gasteiger partial charge in [0.1, 0.15) is 0 Å². The third-order valence-corrected chi connectivity index (χ3v) is 14.1. The number of fused-ring (bicyclic) bond motifs is 6. The van der Waals surface area contributed by atoms with Gasteiger partial charge in [-0.1, -0.05) is 127 Å². The molecule has 0 spiro atoms. The Hall–Kier alpha value is -6.29. The van der Waals surface area contributed by atoms with E-state index < -0.39 is 10.0 Å². The molecule has 0 unspecified atom stereocenters. The molecule has 2 heterocycles. The van der Waals surface area contributed by atoms with Gasteiger partial charge in [0, 0.05) is 52.5 Å². The Labute approximate surface area is 298 Å². The van der Waals surface area contributed by atoms with Crippen LogP contribution in [0.25, 0.3) is 55.0 Å². The van der Waals surface area contributed by atoms with Crippen LogP contribution in [-0.2, 0) is 0 Å². The summed E-state index contributed by atoms with van der Waals surface area (Å²) in [6, 6.07) is 76.0. The average Bonchev–Trinajstić information content (AvgIpc) is 3.73. The van der Waals surface area contributed by atoms with Gasteiger partial charge in [0.05, 0.1) is 22.1 Å². The molecule has 0 N–H and O–H groups in total. The van der Waals surface area contributed by atoms with Gasteiger partial charge in [0.15, 0.2) is 0 Å². The number of para-hydroxylation sites is 4. The lowest BCUT2D eigenvalue weighted by molar-refractivity contribution is 1.10. The minimum absolute atomic E-state index is 1.14. The maximum atomic E-state index is 2.47. The van der Waals surface area contributed by atoms with E-state index in [0.29, 0.717) is 0 Å². The fourth-order valence-corrected chi connectivity index (χ4v) is 12.0. The van der Waals surface area contributed by atoms with Gasteiger partial charge in [-0.2, -0.15) is 0 Å².